The fraction of sp³-hybridized carbons (Fsp3) is 0.538. The van der Waals surface area contributed by atoms with Crippen molar-refractivity contribution in [3.8, 4) is 0 Å². The van der Waals surface area contributed by atoms with E-state index >= 15 is 0 Å². The normalized spacial score (nSPS) is 11.7. The Balaban J connectivity index is 2.50. The lowest BCUT2D eigenvalue weighted by molar-refractivity contribution is -0.136. The molecule has 0 aliphatic heterocycles. The molecule has 0 atom stereocenters. The molecule has 0 radical (unpaired) electrons. The van der Waals surface area contributed by atoms with Crippen molar-refractivity contribution in [2.45, 2.75) is 27.3 Å². The minimum Gasteiger partial charge on any atom is -0.466 e. The monoisotopic (exact) mass is 251 g/mol. The van der Waals surface area contributed by atoms with E-state index in [0.29, 0.717) is 12.1 Å². The average molecular weight is 251 g/mol. The van der Waals surface area contributed by atoms with E-state index in [-0.39, 0.29) is 5.97 Å². The Bertz CT molecular complexity index is 461. The lowest BCUT2D eigenvalue weighted by Crippen LogP contribution is -2.15. The van der Waals surface area contributed by atoms with Gasteiger partial charge in [0.25, 0.3) is 0 Å². The number of hydrogen-bond donors (Lipinski definition) is 1. The van der Waals surface area contributed by atoms with E-state index in [1.54, 1.807) is 6.92 Å². The highest BCUT2D eigenvalue weighted by Gasteiger charge is 2.08. The number of nitrogens with zero attached hydrogens (tertiary/aromatic N) is 2. The zero-order valence-electron chi connectivity index (χ0n) is 11.7. The largest absolute Gasteiger partial charge is 0.466 e. The van der Waals surface area contributed by atoms with Gasteiger partial charge in [-0.1, -0.05) is 6.08 Å². The Hall–Kier alpha value is -1.62. The van der Waals surface area contributed by atoms with E-state index in [0.717, 1.165) is 17.9 Å². The van der Waals surface area contributed by atoms with Crippen molar-refractivity contribution in [1.82, 2.24) is 15.1 Å². The highest BCUT2D eigenvalue weighted by atomic mass is 16.5. The molecule has 1 N–H and O–H groups in total. The number of aryl methyl sites for hydroxylation is 2. The van der Waals surface area contributed by atoms with Crippen LogP contribution >= 0.6 is 0 Å². The Morgan fingerprint density at radius 3 is 2.67 bits per heavy atom. The van der Waals surface area contributed by atoms with Gasteiger partial charge in [0, 0.05) is 37.0 Å². The molecule has 0 amide bonds. The first-order valence-electron chi connectivity index (χ1n) is 5.92. The number of hydrogen-bond acceptors (Lipinski definition) is 4. The van der Waals surface area contributed by atoms with Crippen LogP contribution in [0.15, 0.2) is 11.6 Å². The first-order chi connectivity index (χ1) is 8.47. The van der Waals surface area contributed by atoms with Crippen molar-refractivity contribution >= 4 is 5.97 Å². The maximum atomic E-state index is 11.2. The van der Waals surface area contributed by atoms with Crippen LogP contribution in [0, 0.1) is 13.8 Å². The Labute approximate surface area is 108 Å². The third-order valence-electron chi connectivity index (χ3n) is 3.02. The van der Waals surface area contributed by atoms with Crippen molar-refractivity contribution in [1.29, 1.82) is 0 Å². The second kappa shape index (κ2) is 6.35. The fourth-order valence-electron chi connectivity index (χ4n) is 1.74. The number of carbonyl (C=O) groups is 1. The van der Waals surface area contributed by atoms with Gasteiger partial charge >= 0.3 is 5.97 Å². The predicted molar refractivity (Wildman–Crippen MR) is 70.2 cm³/mol. The van der Waals surface area contributed by atoms with Crippen molar-refractivity contribution < 1.29 is 9.53 Å². The van der Waals surface area contributed by atoms with Crippen LogP contribution in [-0.2, 0) is 23.1 Å². The van der Waals surface area contributed by atoms with Gasteiger partial charge in [0.05, 0.1) is 12.8 Å². The van der Waals surface area contributed by atoms with Gasteiger partial charge in [-0.25, -0.2) is 4.79 Å². The van der Waals surface area contributed by atoms with Crippen molar-refractivity contribution in [2.24, 2.45) is 7.05 Å². The summed E-state index contributed by atoms with van der Waals surface area (Å²) >= 11 is 0. The number of carbonyl (C=O) groups excluding carboxylic acids is 1. The smallest absolute Gasteiger partial charge is 0.333 e. The molecule has 0 aromatic carbocycles. The van der Waals surface area contributed by atoms with Crippen LogP contribution in [0.25, 0.3) is 0 Å². The Morgan fingerprint density at radius 2 is 2.17 bits per heavy atom. The molecule has 0 aliphatic rings. The van der Waals surface area contributed by atoms with Gasteiger partial charge in [0.1, 0.15) is 0 Å². The van der Waals surface area contributed by atoms with Crippen LogP contribution in [0.4, 0.5) is 0 Å². The molecule has 0 fully saturated rings. The molecule has 1 rings (SSSR count). The van der Waals surface area contributed by atoms with Gasteiger partial charge in [-0.2, -0.15) is 5.10 Å². The van der Waals surface area contributed by atoms with Crippen LogP contribution in [0.5, 0.6) is 0 Å². The number of rotatable bonds is 5. The molecular formula is C13H21N3O2. The van der Waals surface area contributed by atoms with Crippen LogP contribution < -0.4 is 5.32 Å². The van der Waals surface area contributed by atoms with Crippen molar-refractivity contribution in [3.05, 3.63) is 28.6 Å². The molecule has 0 saturated carbocycles. The number of aromatic nitrogens is 2. The van der Waals surface area contributed by atoms with Crippen LogP contribution in [0.2, 0.25) is 0 Å². The minimum absolute atomic E-state index is 0.287. The number of ether oxygens (including phenoxy) is 1. The quantitative estimate of drug-likeness (QED) is 0.486. The highest BCUT2D eigenvalue weighted by Crippen LogP contribution is 2.10. The SMILES string of the molecule is COC(=O)/C(C)=C/CNCc1c(C)nn(C)c1C. The van der Waals surface area contributed by atoms with E-state index in [9.17, 15) is 4.79 Å². The summed E-state index contributed by atoms with van der Waals surface area (Å²) in [5.74, 6) is -0.287. The summed E-state index contributed by atoms with van der Waals surface area (Å²) in [7, 11) is 3.32. The third kappa shape index (κ3) is 3.43. The first-order valence-corrected chi connectivity index (χ1v) is 5.92. The Kier molecular flexibility index (Phi) is 5.09. The molecule has 1 heterocycles. The van der Waals surface area contributed by atoms with E-state index in [1.165, 1.54) is 12.7 Å². The van der Waals surface area contributed by atoms with Gasteiger partial charge in [0.2, 0.25) is 0 Å². The van der Waals surface area contributed by atoms with Crippen LogP contribution in [-0.4, -0.2) is 29.4 Å². The van der Waals surface area contributed by atoms with Crippen LogP contribution in [0.1, 0.15) is 23.9 Å². The molecule has 1 aromatic rings. The molecule has 100 valence electrons. The summed E-state index contributed by atoms with van der Waals surface area (Å²) in [6, 6.07) is 0. The maximum absolute atomic E-state index is 11.2. The third-order valence-corrected chi connectivity index (χ3v) is 3.02. The minimum atomic E-state index is -0.287. The van der Waals surface area contributed by atoms with Gasteiger partial charge in [-0.3, -0.25) is 4.68 Å². The number of nitrogens with one attached hydrogen (secondary N) is 1. The first kappa shape index (κ1) is 14.4. The number of methoxy groups -OCH3 is 1. The number of esters is 1. The zero-order chi connectivity index (χ0) is 13.7. The summed E-state index contributed by atoms with van der Waals surface area (Å²) in [5.41, 5.74) is 4.02. The lowest BCUT2D eigenvalue weighted by atomic mass is 10.2. The standard InChI is InChI=1S/C13H21N3O2/c1-9(13(17)18-5)6-7-14-8-12-10(2)15-16(4)11(12)3/h6,14H,7-8H2,1-5H3/b9-6+. The molecule has 5 nitrogen and oxygen atoms in total. The highest BCUT2D eigenvalue weighted by molar-refractivity contribution is 5.87. The molecular weight excluding hydrogens is 230 g/mol. The molecule has 0 spiro atoms. The zero-order valence-corrected chi connectivity index (χ0v) is 11.7. The Morgan fingerprint density at radius 1 is 1.50 bits per heavy atom. The predicted octanol–water partition coefficient (Wildman–Crippen LogP) is 1.25. The fourth-order valence-corrected chi connectivity index (χ4v) is 1.74. The second-order valence-electron chi connectivity index (χ2n) is 4.28. The lowest BCUT2D eigenvalue weighted by Gasteiger charge is -2.04. The maximum Gasteiger partial charge on any atom is 0.333 e. The summed E-state index contributed by atoms with van der Waals surface area (Å²) in [6.07, 6.45) is 1.83. The summed E-state index contributed by atoms with van der Waals surface area (Å²) < 4.78 is 6.50. The van der Waals surface area contributed by atoms with Gasteiger partial charge in [-0.15, -0.1) is 0 Å². The molecule has 0 saturated heterocycles. The van der Waals surface area contributed by atoms with Gasteiger partial charge in [0.15, 0.2) is 0 Å². The van der Waals surface area contributed by atoms with Crippen molar-refractivity contribution in [3.63, 3.8) is 0 Å². The van der Waals surface area contributed by atoms with Crippen molar-refractivity contribution in [2.75, 3.05) is 13.7 Å². The summed E-state index contributed by atoms with van der Waals surface area (Å²) in [4.78, 5) is 11.2. The molecule has 18 heavy (non-hydrogen) atoms. The van der Waals surface area contributed by atoms with Gasteiger partial charge < -0.3 is 10.1 Å². The van der Waals surface area contributed by atoms with E-state index < -0.39 is 0 Å². The molecule has 0 bridgehead atoms. The van der Waals surface area contributed by atoms with Crippen LogP contribution in [0.3, 0.4) is 0 Å². The van der Waals surface area contributed by atoms with E-state index in [4.69, 9.17) is 0 Å². The molecule has 0 aliphatic carbocycles. The van der Waals surface area contributed by atoms with E-state index in [2.05, 4.69) is 15.2 Å². The average Bonchev–Trinajstić information content (AvgIpc) is 2.58. The molecule has 0 unspecified atom stereocenters. The van der Waals surface area contributed by atoms with Gasteiger partial charge in [-0.05, 0) is 20.8 Å². The van der Waals surface area contributed by atoms with E-state index in [1.807, 2.05) is 31.7 Å². The second-order valence-corrected chi connectivity index (χ2v) is 4.28. The topological polar surface area (TPSA) is 56.1 Å². The summed E-state index contributed by atoms with van der Waals surface area (Å²) in [5, 5.41) is 7.62. The molecule has 5 heteroatoms. The summed E-state index contributed by atoms with van der Waals surface area (Å²) in [6.45, 7) is 7.17. The molecule has 1 aromatic heterocycles.